The van der Waals surface area contributed by atoms with Crippen molar-refractivity contribution in [1.82, 2.24) is 4.98 Å². The molecule has 3 nitrogen and oxygen atoms in total. The minimum Gasteiger partial charge on any atom is -0.347 e. The smallest absolute Gasteiger partial charge is 0.127 e. The van der Waals surface area contributed by atoms with E-state index in [0.29, 0.717) is 0 Å². The molecular formula is C7H9N3S2. The molecule has 64 valence electrons. The lowest BCUT2D eigenvalue weighted by atomic mass is 10.3. The van der Waals surface area contributed by atoms with Gasteiger partial charge in [-0.15, -0.1) is 12.6 Å². The van der Waals surface area contributed by atoms with E-state index in [-0.39, 0.29) is 5.37 Å². The molecule has 0 aromatic carbocycles. The maximum Gasteiger partial charge on any atom is 0.127 e. The molecule has 1 aliphatic rings. The number of thiol groups is 1. The Morgan fingerprint density at radius 3 is 3.33 bits per heavy atom. The van der Waals surface area contributed by atoms with Crippen LogP contribution in [0.3, 0.4) is 0 Å². The van der Waals surface area contributed by atoms with Crippen LogP contribution in [0.2, 0.25) is 0 Å². The molecule has 0 saturated carbocycles. The number of aromatic nitrogens is 1. The summed E-state index contributed by atoms with van der Waals surface area (Å²) in [5.74, 6) is 1.08. The maximum absolute atomic E-state index is 4.33. The summed E-state index contributed by atoms with van der Waals surface area (Å²) < 4.78 is 1.99. The van der Waals surface area contributed by atoms with E-state index in [9.17, 15) is 0 Å². The van der Waals surface area contributed by atoms with Crippen molar-refractivity contribution in [2.24, 2.45) is 4.99 Å². The van der Waals surface area contributed by atoms with Crippen LogP contribution >= 0.6 is 24.6 Å². The zero-order chi connectivity index (χ0) is 8.55. The van der Waals surface area contributed by atoms with Crippen LogP contribution in [0.15, 0.2) is 17.3 Å². The first-order chi connectivity index (χ1) is 5.83. The molecule has 0 amide bonds. The lowest BCUT2D eigenvalue weighted by Crippen LogP contribution is -2.17. The van der Waals surface area contributed by atoms with Crippen molar-refractivity contribution in [2.75, 3.05) is 10.6 Å². The van der Waals surface area contributed by atoms with E-state index in [0.717, 1.165) is 11.4 Å². The van der Waals surface area contributed by atoms with Crippen LogP contribution in [0.1, 0.15) is 10.9 Å². The number of hydrogen-bond acceptors (Lipinski definition) is 4. The van der Waals surface area contributed by atoms with Crippen molar-refractivity contribution >= 4 is 36.7 Å². The van der Waals surface area contributed by atoms with Gasteiger partial charge in [0.25, 0.3) is 0 Å². The highest BCUT2D eigenvalue weighted by atomic mass is 32.2. The summed E-state index contributed by atoms with van der Waals surface area (Å²) in [4.78, 5) is 7.37. The first-order valence-corrected chi connectivity index (χ1v) is 5.24. The van der Waals surface area contributed by atoms with Gasteiger partial charge in [-0.25, -0.2) is 0 Å². The summed E-state index contributed by atoms with van der Waals surface area (Å²) in [6.07, 6.45) is 5.71. The monoisotopic (exact) mass is 199 g/mol. The minimum absolute atomic E-state index is 0.0188. The Labute approximate surface area is 80.8 Å². The predicted molar refractivity (Wildman–Crippen MR) is 57.0 cm³/mol. The lowest BCUT2D eigenvalue weighted by Gasteiger charge is -2.22. The summed E-state index contributed by atoms with van der Waals surface area (Å²) >= 11 is 5.95. The highest BCUT2D eigenvalue weighted by Gasteiger charge is 2.19. The number of anilines is 1. The first kappa shape index (κ1) is 8.07. The Kier molecular flexibility index (Phi) is 2.06. The summed E-state index contributed by atoms with van der Waals surface area (Å²) in [5.41, 5.74) is 1.13. The van der Waals surface area contributed by atoms with Gasteiger partial charge < -0.3 is 4.98 Å². The van der Waals surface area contributed by atoms with Crippen LogP contribution < -0.4 is 4.31 Å². The number of nitrogens with zero attached hydrogens (tertiary/aromatic N) is 2. The SMILES string of the molecule is CSN1C=NC(S)c2cc[nH]c21. The minimum atomic E-state index is -0.0188. The number of H-pyrrole nitrogens is 1. The molecule has 0 bridgehead atoms. The van der Waals surface area contributed by atoms with Crippen LogP contribution in [0.4, 0.5) is 5.82 Å². The number of fused-ring (bicyclic) bond motifs is 1. The van der Waals surface area contributed by atoms with Gasteiger partial charge in [-0.05, 0) is 18.0 Å². The first-order valence-electron chi connectivity index (χ1n) is 3.55. The Morgan fingerprint density at radius 1 is 1.75 bits per heavy atom. The molecule has 0 spiro atoms. The largest absolute Gasteiger partial charge is 0.347 e. The fourth-order valence-corrected chi connectivity index (χ4v) is 1.93. The van der Waals surface area contributed by atoms with Gasteiger partial charge >= 0.3 is 0 Å². The van der Waals surface area contributed by atoms with E-state index >= 15 is 0 Å². The van der Waals surface area contributed by atoms with E-state index in [1.165, 1.54) is 0 Å². The third-order valence-electron chi connectivity index (χ3n) is 1.76. The fourth-order valence-electron chi connectivity index (χ4n) is 1.17. The number of rotatable bonds is 1. The average molecular weight is 199 g/mol. The van der Waals surface area contributed by atoms with Gasteiger partial charge in [0.1, 0.15) is 17.5 Å². The van der Waals surface area contributed by atoms with E-state index in [2.05, 4.69) is 22.6 Å². The molecule has 1 unspecified atom stereocenters. The zero-order valence-electron chi connectivity index (χ0n) is 6.56. The Bertz CT molecular complexity index is 307. The van der Waals surface area contributed by atoms with Gasteiger partial charge in [0, 0.05) is 18.0 Å². The van der Waals surface area contributed by atoms with Crippen molar-refractivity contribution in [3.63, 3.8) is 0 Å². The fraction of sp³-hybridized carbons (Fsp3) is 0.286. The molecule has 2 rings (SSSR count). The highest BCUT2D eigenvalue weighted by Crippen LogP contribution is 2.34. The quantitative estimate of drug-likeness (QED) is 0.536. The normalized spacial score (nSPS) is 21.2. The summed E-state index contributed by atoms with van der Waals surface area (Å²) in [6.45, 7) is 0. The number of aliphatic imine (C=N–C) groups is 1. The zero-order valence-corrected chi connectivity index (χ0v) is 8.27. The van der Waals surface area contributed by atoms with Crippen molar-refractivity contribution in [3.05, 3.63) is 17.8 Å². The summed E-state index contributed by atoms with van der Waals surface area (Å²) in [5, 5.41) is -0.0188. The van der Waals surface area contributed by atoms with E-state index in [4.69, 9.17) is 0 Å². The molecule has 0 radical (unpaired) electrons. The van der Waals surface area contributed by atoms with Crippen molar-refractivity contribution in [3.8, 4) is 0 Å². The van der Waals surface area contributed by atoms with E-state index < -0.39 is 0 Å². The van der Waals surface area contributed by atoms with Gasteiger partial charge in [0.15, 0.2) is 0 Å². The molecule has 5 heteroatoms. The predicted octanol–water partition coefficient (Wildman–Crippen LogP) is 2.07. The summed E-state index contributed by atoms with van der Waals surface area (Å²) in [6, 6.07) is 2.01. The van der Waals surface area contributed by atoms with Crippen molar-refractivity contribution in [1.29, 1.82) is 0 Å². The number of aromatic amines is 1. The Hall–Kier alpha value is -0.550. The van der Waals surface area contributed by atoms with Crippen molar-refractivity contribution in [2.45, 2.75) is 5.37 Å². The molecule has 1 atom stereocenters. The second-order valence-corrected chi connectivity index (χ2v) is 3.68. The summed E-state index contributed by atoms with van der Waals surface area (Å²) in [7, 11) is 0. The molecular weight excluding hydrogens is 190 g/mol. The molecule has 1 aliphatic heterocycles. The van der Waals surface area contributed by atoms with Gasteiger partial charge in [-0.2, -0.15) is 0 Å². The lowest BCUT2D eigenvalue weighted by molar-refractivity contribution is 1.02. The van der Waals surface area contributed by atoms with Crippen LogP contribution in [-0.2, 0) is 0 Å². The molecule has 2 heterocycles. The number of nitrogens with one attached hydrogen (secondary N) is 1. The van der Waals surface area contributed by atoms with Crippen LogP contribution in [0.25, 0.3) is 0 Å². The van der Waals surface area contributed by atoms with Gasteiger partial charge in [0.2, 0.25) is 0 Å². The van der Waals surface area contributed by atoms with E-state index in [1.54, 1.807) is 18.3 Å². The van der Waals surface area contributed by atoms with Gasteiger partial charge in [-0.1, -0.05) is 0 Å². The van der Waals surface area contributed by atoms with Crippen LogP contribution in [-0.4, -0.2) is 17.6 Å². The second kappa shape index (κ2) is 3.06. The Balaban J connectivity index is 2.42. The molecule has 1 aromatic rings. The number of hydrogen-bond donors (Lipinski definition) is 2. The molecule has 12 heavy (non-hydrogen) atoms. The molecule has 1 N–H and O–H groups in total. The molecule has 1 aromatic heterocycles. The second-order valence-electron chi connectivity index (χ2n) is 2.43. The van der Waals surface area contributed by atoms with Crippen LogP contribution in [0, 0.1) is 0 Å². The molecule has 0 fully saturated rings. The van der Waals surface area contributed by atoms with Gasteiger partial charge in [0.05, 0.1) is 0 Å². The highest BCUT2D eigenvalue weighted by molar-refractivity contribution is 8.00. The molecule has 0 aliphatic carbocycles. The van der Waals surface area contributed by atoms with Crippen LogP contribution in [0.5, 0.6) is 0 Å². The maximum atomic E-state index is 4.33. The third-order valence-corrected chi connectivity index (χ3v) is 2.85. The molecule has 0 saturated heterocycles. The average Bonchev–Trinajstić information content (AvgIpc) is 2.54. The topological polar surface area (TPSA) is 31.4 Å². The van der Waals surface area contributed by atoms with E-state index in [1.807, 2.05) is 22.8 Å². The standard InChI is InChI=1S/C7H9N3S2/c1-12-10-4-9-7(11)5-2-3-8-6(5)10/h2-4,7-8,11H,1H3. The Morgan fingerprint density at radius 2 is 2.58 bits per heavy atom. The van der Waals surface area contributed by atoms with Crippen molar-refractivity contribution < 1.29 is 0 Å². The van der Waals surface area contributed by atoms with Gasteiger partial charge in [-0.3, -0.25) is 9.30 Å². The third kappa shape index (κ3) is 1.13.